The average Bonchev–Trinajstić information content (AvgIpc) is 2.40. The molecule has 0 aliphatic carbocycles. The van der Waals surface area contributed by atoms with Crippen LogP contribution in [0.3, 0.4) is 0 Å². The summed E-state index contributed by atoms with van der Waals surface area (Å²) in [5.41, 5.74) is 0.739. The van der Waals surface area contributed by atoms with Crippen molar-refractivity contribution in [1.29, 1.82) is 0 Å². The quantitative estimate of drug-likeness (QED) is 0.911. The van der Waals surface area contributed by atoms with E-state index in [4.69, 9.17) is 11.6 Å². The number of hydrogen-bond acceptors (Lipinski definition) is 2. The fraction of sp³-hybridized carbons (Fsp3) is 0.600. The molecule has 1 fully saturated rings. The maximum atomic E-state index is 14.3. The molecule has 1 atom stereocenters. The van der Waals surface area contributed by atoms with E-state index in [2.05, 4.69) is 24.1 Å². The van der Waals surface area contributed by atoms with E-state index in [9.17, 15) is 4.39 Å². The highest BCUT2D eigenvalue weighted by Crippen LogP contribution is 2.32. The Balaban J connectivity index is 2.27. The fourth-order valence-electron chi connectivity index (χ4n) is 2.69. The van der Waals surface area contributed by atoms with Crippen molar-refractivity contribution in [3.05, 3.63) is 34.6 Å². The highest BCUT2D eigenvalue weighted by molar-refractivity contribution is 6.30. The molecule has 1 aromatic carbocycles. The van der Waals surface area contributed by atoms with Crippen LogP contribution >= 0.6 is 11.6 Å². The third-order valence-electron chi connectivity index (χ3n) is 3.63. The van der Waals surface area contributed by atoms with E-state index in [1.165, 1.54) is 0 Å². The lowest BCUT2D eigenvalue weighted by molar-refractivity contribution is 0.151. The van der Waals surface area contributed by atoms with Gasteiger partial charge in [0.1, 0.15) is 5.82 Å². The summed E-state index contributed by atoms with van der Waals surface area (Å²) in [6.07, 6.45) is 0.956. The molecule has 2 nitrogen and oxygen atoms in total. The number of rotatable bonds is 4. The van der Waals surface area contributed by atoms with Crippen LogP contribution in [0.25, 0.3) is 0 Å². The Labute approximate surface area is 119 Å². The van der Waals surface area contributed by atoms with Crippen LogP contribution < -0.4 is 5.32 Å². The smallest absolute Gasteiger partial charge is 0.146 e. The predicted octanol–water partition coefficient (Wildman–Crippen LogP) is 3.47. The van der Waals surface area contributed by atoms with Crippen LogP contribution in [0.15, 0.2) is 18.2 Å². The summed E-state index contributed by atoms with van der Waals surface area (Å²) in [6, 6.07) is 5.46. The SMILES string of the molecule is CC(C)C[C@@H](c1cccc(Cl)c1F)N1CCNCC1. The molecular formula is C15H22ClFN2. The summed E-state index contributed by atoms with van der Waals surface area (Å²) < 4.78 is 14.3. The molecule has 0 spiro atoms. The Kier molecular flexibility index (Phi) is 5.20. The monoisotopic (exact) mass is 284 g/mol. The van der Waals surface area contributed by atoms with Gasteiger partial charge in [-0.2, -0.15) is 0 Å². The van der Waals surface area contributed by atoms with Crippen LogP contribution in [-0.2, 0) is 0 Å². The summed E-state index contributed by atoms with van der Waals surface area (Å²) in [4.78, 5) is 2.37. The zero-order valence-electron chi connectivity index (χ0n) is 11.6. The van der Waals surface area contributed by atoms with Crippen LogP contribution in [0.2, 0.25) is 5.02 Å². The second kappa shape index (κ2) is 6.69. The first-order valence-electron chi connectivity index (χ1n) is 6.98. The molecule has 1 aromatic rings. The van der Waals surface area contributed by atoms with Crippen LogP contribution in [-0.4, -0.2) is 31.1 Å². The first-order chi connectivity index (χ1) is 9.09. The minimum atomic E-state index is -0.256. The molecule has 0 amide bonds. The largest absolute Gasteiger partial charge is 0.314 e. The zero-order chi connectivity index (χ0) is 13.8. The highest BCUT2D eigenvalue weighted by Gasteiger charge is 2.26. The van der Waals surface area contributed by atoms with Crippen LogP contribution in [0, 0.1) is 11.7 Å². The van der Waals surface area contributed by atoms with E-state index in [1.807, 2.05) is 12.1 Å². The maximum Gasteiger partial charge on any atom is 0.146 e. The summed E-state index contributed by atoms with van der Waals surface area (Å²) in [5.74, 6) is 0.270. The van der Waals surface area contributed by atoms with Gasteiger partial charge in [-0.15, -0.1) is 0 Å². The zero-order valence-corrected chi connectivity index (χ0v) is 12.4. The van der Waals surface area contributed by atoms with Gasteiger partial charge in [0.25, 0.3) is 0 Å². The Bertz CT molecular complexity index is 417. The minimum Gasteiger partial charge on any atom is -0.314 e. The second-order valence-corrected chi connectivity index (χ2v) is 5.98. The molecule has 0 saturated carbocycles. The van der Waals surface area contributed by atoms with Crippen molar-refractivity contribution >= 4 is 11.6 Å². The average molecular weight is 285 g/mol. The summed E-state index contributed by atoms with van der Waals surface area (Å²) in [5, 5.41) is 3.56. The van der Waals surface area contributed by atoms with E-state index in [0.717, 1.165) is 38.2 Å². The molecule has 0 radical (unpaired) electrons. The summed E-state index contributed by atoms with van der Waals surface area (Å²) in [6.45, 7) is 8.22. The normalized spacial score (nSPS) is 18.8. The Morgan fingerprint density at radius 3 is 2.63 bits per heavy atom. The van der Waals surface area contributed by atoms with Gasteiger partial charge in [-0.3, -0.25) is 4.90 Å². The summed E-state index contributed by atoms with van der Waals surface area (Å²) >= 11 is 5.93. The fourth-order valence-corrected chi connectivity index (χ4v) is 2.87. The molecule has 1 saturated heterocycles. The third-order valence-corrected chi connectivity index (χ3v) is 3.92. The molecule has 1 aliphatic rings. The molecule has 1 aliphatic heterocycles. The van der Waals surface area contributed by atoms with Crippen molar-refractivity contribution in [3.8, 4) is 0 Å². The molecule has 0 bridgehead atoms. The summed E-state index contributed by atoms with van der Waals surface area (Å²) in [7, 11) is 0. The number of halogens is 2. The molecule has 106 valence electrons. The molecule has 1 heterocycles. The lowest BCUT2D eigenvalue weighted by Gasteiger charge is -2.36. The topological polar surface area (TPSA) is 15.3 Å². The lowest BCUT2D eigenvalue weighted by atomic mass is 9.94. The Morgan fingerprint density at radius 2 is 2.00 bits per heavy atom. The van der Waals surface area contributed by atoms with Crippen LogP contribution in [0.4, 0.5) is 4.39 Å². The van der Waals surface area contributed by atoms with Crippen molar-refractivity contribution in [1.82, 2.24) is 10.2 Å². The standard InChI is InChI=1S/C15H22ClFN2/c1-11(2)10-14(19-8-6-18-7-9-19)12-4-3-5-13(16)15(12)17/h3-5,11,14,18H,6-10H2,1-2H3/t14-/m0/s1. The Morgan fingerprint density at radius 1 is 1.32 bits per heavy atom. The van der Waals surface area contributed by atoms with Gasteiger partial charge >= 0.3 is 0 Å². The first-order valence-corrected chi connectivity index (χ1v) is 7.36. The molecule has 1 N–H and O–H groups in total. The van der Waals surface area contributed by atoms with Gasteiger partial charge in [-0.1, -0.05) is 37.6 Å². The van der Waals surface area contributed by atoms with Gasteiger partial charge in [0.05, 0.1) is 5.02 Å². The van der Waals surface area contributed by atoms with Crippen molar-refractivity contribution < 1.29 is 4.39 Å². The Hall–Kier alpha value is -0.640. The molecule has 19 heavy (non-hydrogen) atoms. The van der Waals surface area contributed by atoms with Crippen LogP contribution in [0.5, 0.6) is 0 Å². The molecule has 2 rings (SSSR count). The van der Waals surface area contributed by atoms with E-state index >= 15 is 0 Å². The first kappa shape index (κ1) is 14.8. The van der Waals surface area contributed by atoms with E-state index < -0.39 is 0 Å². The van der Waals surface area contributed by atoms with Crippen molar-refractivity contribution in [3.63, 3.8) is 0 Å². The number of nitrogens with zero attached hydrogens (tertiary/aromatic N) is 1. The van der Waals surface area contributed by atoms with E-state index in [1.54, 1.807) is 6.07 Å². The number of hydrogen-bond donors (Lipinski definition) is 1. The van der Waals surface area contributed by atoms with Crippen molar-refractivity contribution in [2.45, 2.75) is 26.3 Å². The highest BCUT2D eigenvalue weighted by atomic mass is 35.5. The number of nitrogens with one attached hydrogen (secondary N) is 1. The van der Waals surface area contributed by atoms with Gasteiger partial charge < -0.3 is 5.32 Å². The maximum absolute atomic E-state index is 14.3. The van der Waals surface area contributed by atoms with Gasteiger partial charge in [0.2, 0.25) is 0 Å². The van der Waals surface area contributed by atoms with Crippen molar-refractivity contribution in [2.75, 3.05) is 26.2 Å². The predicted molar refractivity (Wildman–Crippen MR) is 78.0 cm³/mol. The molecule has 0 unspecified atom stereocenters. The molecular weight excluding hydrogens is 263 g/mol. The van der Waals surface area contributed by atoms with Gasteiger partial charge in [-0.25, -0.2) is 4.39 Å². The van der Waals surface area contributed by atoms with E-state index in [0.29, 0.717) is 5.92 Å². The van der Waals surface area contributed by atoms with Gasteiger partial charge in [0.15, 0.2) is 0 Å². The molecule has 4 heteroatoms. The van der Waals surface area contributed by atoms with Crippen molar-refractivity contribution in [2.24, 2.45) is 5.92 Å². The van der Waals surface area contributed by atoms with Gasteiger partial charge in [-0.05, 0) is 18.4 Å². The van der Waals surface area contributed by atoms with Gasteiger partial charge in [0, 0.05) is 37.8 Å². The third kappa shape index (κ3) is 3.68. The number of piperazine rings is 1. The second-order valence-electron chi connectivity index (χ2n) is 5.57. The molecule has 0 aromatic heterocycles. The lowest BCUT2D eigenvalue weighted by Crippen LogP contribution is -2.45. The minimum absolute atomic E-state index is 0.126. The number of benzene rings is 1. The van der Waals surface area contributed by atoms with E-state index in [-0.39, 0.29) is 16.9 Å². The van der Waals surface area contributed by atoms with Crippen LogP contribution in [0.1, 0.15) is 31.9 Å².